The van der Waals surface area contributed by atoms with E-state index in [9.17, 15) is 9.59 Å². The first-order chi connectivity index (χ1) is 11.4. The predicted molar refractivity (Wildman–Crippen MR) is 95.9 cm³/mol. The zero-order chi connectivity index (χ0) is 17.7. The van der Waals surface area contributed by atoms with Gasteiger partial charge in [0.2, 0.25) is 5.91 Å². The normalized spacial score (nSPS) is 10.5. The van der Waals surface area contributed by atoms with E-state index >= 15 is 0 Å². The first-order valence-electron chi connectivity index (χ1n) is 7.98. The maximum atomic E-state index is 12.3. The molecule has 2 rings (SSSR count). The molecule has 0 heterocycles. The number of carbonyl (C=O) groups is 2. The average Bonchev–Trinajstić information content (AvgIpc) is 2.55. The van der Waals surface area contributed by atoms with Crippen molar-refractivity contribution in [3.05, 3.63) is 59.2 Å². The maximum Gasteiger partial charge on any atom is 0.228 e. The number of hydrogen-bond acceptors (Lipinski definition) is 3. The number of Topliss-reactive ketones (excluding diaryl/α,β-unsaturated/α-hetero) is 1. The van der Waals surface area contributed by atoms with Crippen molar-refractivity contribution in [2.45, 2.75) is 33.1 Å². The van der Waals surface area contributed by atoms with E-state index in [1.165, 1.54) is 12.5 Å². The summed E-state index contributed by atoms with van der Waals surface area (Å²) in [5.74, 6) is 0.869. The van der Waals surface area contributed by atoms with Gasteiger partial charge in [0.15, 0.2) is 5.78 Å². The molecule has 0 saturated heterocycles. The smallest absolute Gasteiger partial charge is 0.228 e. The number of anilines is 1. The summed E-state index contributed by atoms with van der Waals surface area (Å²) in [7, 11) is 1.55. The fourth-order valence-electron chi connectivity index (χ4n) is 2.47. The Hall–Kier alpha value is -2.62. The summed E-state index contributed by atoms with van der Waals surface area (Å²) < 4.78 is 5.28. The molecule has 0 aliphatic heterocycles. The van der Waals surface area contributed by atoms with Crippen LogP contribution in [0.15, 0.2) is 42.5 Å². The van der Waals surface area contributed by atoms with E-state index < -0.39 is 0 Å². The van der Waals surface area contributed by atoms with Gasteiger partial charge in [0.25, 0.3) is 0 Å². The summed E-state index contributed by atoms with van der Waals surface area (Å²) in [4.78, 5) is 23.8. The van der Waals surface area contributed by atoms with Crippen LogP contribution in [0.2, 0.25) is 0 Å². The van der Waals surface area contributed by atoms with E-state index in [1.807, 2.05) is 24.3 Å². The first-order valence-corrected chi connectivity index (χ1v) is 7.98. The van der Waals surface area contributed by atoms with Crippen LogP contribution in [0.25, 0.3) is 0 Å². The van der Waals surface area contributed by atoms with Gasteiger partial charge in [0.1, 0.15) is 5.75 Å². The predicted octanol–water partition coefficient (Wildman–Crippen LogP) is 4.20. The monoisotopic (exact) mass is 325 g/mol. The van der Waals surface area contributed by atoms with Crippen LogP contribution in [0.5, 0.6) is 5.75 Å². The molecule has 0 radical (unpaired) electrons. The Morgan fingerprint density at radius 3 is 2.29 bits per heavy atom. The van der Waals surface area contributed by atoms with Crippen molar-refractivity contribution in [1.29, 1.82) is 0 Å². The van der Waals surface area contributed by atoms with Crippen molar-refractivity contribution >= 4 is 17.4 Å². The van der Waals surface area contributed by atoms with Gasteiger partial charge in [0, 0.05) is 16.8 Å². The number of hydrogen-bond donors (Lipinski definition) is 1. The first kappa shape index (κ1) is 17.7. The quantitative estimate of drug-likeness (QED) is 0.810. The molecule has 0 aromatic heterocycles. The number of ether oxygens (including phenoxy) is 1. The van der Waals surface area contributed by atoms with E-state index in [1.54, 1.807) is 25.3 Å². The van der Waals surface area contributed by atoms with E-state index in [0.29, 0.717) is 22.8 Å². The van der Waals surface area contributed by atoms with Gasteiger partial charge in [-0.15, -0.1) is 0 Å². The minimum Gasteiger partial charge on any atom is -0.496 e. The average molecular weight is 325 g/mol. The lowest BCUT2D eigenvalue weighted by atomic mass is 10.0. The second-order valence-corrected chi connectivity index (χ2v) is 6.08. The summed E-state index contributed by atoms with van der Waals surface area (Å²) in [6, 6.07) is 13.0. The Balaban J connectivity index is 2.11. The molecule has 1 N–H and O–H groups in total. The molecule has 4 heteroatoms. The summed E-state index contributed by atoms with van der Waals surface area (Å²) in [6.45, 7) is 5.76. The lowest BCUT2D eigenvalue weighted by molar-refractivity contribution is -0.115. The summed E-state index contributed by atoms with van der Waals surface area (Å²) in [5, 5.41) is 2.88. The number of amides is 1. The van der Waals surface area contributed by atoms with Crippen molar-refractivity contribution in [1.82, 2.24) is 0 Å². The van der Waals surface area contributed by atoms with Crippen molar-refractivity contribution in [2.75, 3.05) is 12.4 Å². The summed E-state index contributed by atoms with van der Waals surface area (Å²) >= 11 is 0. The molecule has 0 unspecified atom stereocenters. The number of nitrogens with one attached hydrogen (secondary N) is 1. The molecule has 126 valence electrons. The van der Waals surface area contributed by atoms with Gasteiger partial charge in [-0.05, 0) is 48.7 Å². The fourth-order valence-corrected chi connectivity index (χ4v) is 2.47. The van der Waals surface area contributed by atoms with Crippen LogP contribution in [-0.2, 0) is 11.2 Å². The third-order valence-electron chi connectivity index (χ3n) is 3.90. The molecular weight excluding hydrogens is 302 g/mol. The molecule has 0 aliphatic rings. The number of rotatable bonds is 6. The molecule has 2 aromatic carbocycles. The Morgan fingerprint density at radius 2 is 1.75 bits per heavy atom. The molecule has 0 atom stereocenters. The van der Waals surface area contributed by atoms with E-state index in [-0.39, 0.29) is 18.1 Å². The van der Waals surface area contributed by atoms with Crippen LogP contribution in [-0.4, -0.2) is 18.8 Å². The van der Waals surface area contributed by atoms with Crippen LogP contribution < -0.4 is 10.1 Å². The molecule has 0 fully saturated rings. The number of benzene rings is 2. The maximum absolute atomic E-state index is 12.3. The topological polar surface area (TPSA) is 55.4 Å². The number of methoxy groups -OCH3 is 1. The lowest BCUT2D eigenvalue weighted by Crippen LogP contribution is -2.15. The Kier molecular flexibility index (Phi) is 5.74. The summed E-state index contributed by atoms with van der Waals surface area (Å²) in [6.07, 6.45) is 0.149. The van der Waals surface area contributed by atoms with E-state index in [2.05, 4.69) is 19.2 Å². The molecule has 24 heavy (non-hydrogen) atoms. The van der Waals surface area contributed by atoms with Gasteiger partial charge >= 0.3 is 0 Å². The number of ketones is 1. The minimum atomic E-state index is -0.147. The molecule has 0 spiro atoms. The number of carbonyl (C=O) groups excluding carboxylic acids is 2. The molecule has 0 aliphatic carbocycles. The van der Waals surface area contributed by atoms with Crippen LogP contribution in [0, 0.1) is 0 Å². The summed E-state index contributed by atoms with van der Waals surface area (Å²) in [5.41, 5.74) is 3.25. The van der Waals surface area contributed by atoms with Gasteiger partial charge in [-0.2, -0.15) is 0 Å². The SMILES string of the molecule is COc1ccc(C(C)=O)cc1CC(=O)Nc1ccc(C(C)C)cc1. The van der Waals surface area contributed by atoms with Crippen LogP contribution in [0.1, 0.15) is 48.2 Å². The van der Waals surface area contributed by atoms with Gasteiger partial charge in [-0.25, -0.2) is 0 Å². The van der Waals surface area contributed by atoms with Crippen molar-refractivity contribution < 1.29 is 14.3 Å². The Bertz CT molecular complexity index is 733. The van der Waals surface area contributed by atoms with Crippen LogP contribution >= 0.6 is 0 Å². The van der Waals surface area contributed by atoms with Gasteiger partial charge < -0.3 is 10.1 Å². The van der Waals surface area contributed by atoms with Gasteiger partial charge in [-0.3, -0.25) is 9.59 Å². The lowest BCUT2D eigenvalue weighted by Gasteiger charge is -2.11. The fraction of sp³-hybridized carbons (Fsp3) is 0.300. The van der Waals surface area contributed by atoms with Gasteiger partial charge in [-0.1, -0.05) is 26.0 Å². The standard InChI is InChI=1S/C20H23NO3/c1-13(2)15-5-8-18(9-6-15)21-20(23)12-17-11-16(14(3)22)7-10-19(17)24-4/h5-11,13H,12H2,1-4H3,(H,21,23). The highest BCUT2D eigenvalue weighted by molar-refractivity contribution is 5.96. The van der Waals surface area contributed by atoms with Crippen molar-refractivity contribution in [2.24, 2.45) is 0 Å². The van der Waals surface area contributed by atoms with E-state index in [4.69, 9.17) is 4.74 Å². The molecule has 0 bridgehead atoms. The van der Waals surface area contributed by atoms with Crippen molar-refractivity contribution in [3.8, 4) is 5.75 Å². The highest BCUT2D eigenvalue weighted by atomic mass is 16.5. The third kappa shape index (κ3) is 4.44. The second-order valence-electron chi connectivity index (χ2n) is 6.08. The highest BCUT2D eigenvalue weighted by Crippen LogP contribution is 2.22. The van der Waals surface area contributed by atoms with E-state index in [0.717, 1.165) is 5.69 Å². The van der Waals surface area contributed by atoms with Crippen LogP contribution in [0.4, 0.5) is 5.69 Å². The molecular formula is C20H23NO3. The molecule has 0 saturated carbocycles. The molecule has 2 aromatic rings. The zero-order valence-corrected chi connectivity index (χ0v) is 14.6. The molecule has 1 amide bonds. The Labute approximate surface area is 142 Å². The van der Waals surface area contributed by atoms with Crippen molar-refractivity contribution in [3.63, 3.8) is 0 Å². The molecule has 4 nitrogen and oxygen atoms in total. The van der Waals surface area contributed by atoms with Crippen LogP contribution in [0.3, 0.4) is 0 Å². The third-order valence-corrected chi connectivity index (χ3v) is 3.90. The largest absolute Gasteiger partial charge is 0.496 e. The second kappa shape index (κ2) is 7.77. The zero-order valence-electron chi connectivity index (χ0n) is 14.6. The van der Waals surface area contributed by atoms with Gasteiger partial charge in [0.05, 0.1) is 13.5 Å². The highest BCUT2D eigenvalue weighted by Gasteiger charge is 2.12. The Morgan fingerprint density at radius 1 is 1.08 bits per heavy atom. The minimum absolute atomic E-state index is 0.0383.